The van der Waals surface area contributed by atoms with Crippen LogP contribution >= 0.6 is 17.6 Å². The largest absolute Gasteiger partial charge is 0.493 e. The molecule has 0 spiro atoms. The van der Waals surface area contributed by atoms with Gasteiger partial charge in [-0.2, -0.15) is 0 Å². The normalized spacial score (nSPS) is 12.9. The fourth-order valence-corrected chi connectivity index (χ4v) is 5.86. The monoisotopic (exact) mass is 634 g/mol. The first-order chi connectivity index (χ1) is 21.6. The van der Waals surface area contributed by atoms with Crippen molar-refractivity contribution in [3.05, 3.63) is 119 Å². The lowest BCUT2D eigenvalue weighted by Crippen LogP contribution is -2.27. The van der Waals surface area contributed by atoms with E-state index in [4.69, 9.17) is 28.0 Å². The Bertz CT molecular complexity index is 1280. The molecule has 0 aliphatic rings. The summed E-state index contributed by atoms with van der Waals surface area (Å²) < 4.78 is 35.8. The van der Waals surface area contributed by atoms with Crippen LogP contribution in [-0.4, -0.2) is 40.8 Å². The highest BCUT2D eigenvalue weighted by Crippen LogP contribution is 2.34. The van der Waals surface area contributed by atoms with Crippen LogP contribution in [0.2, 0.25) is 0 Å². The van der Waals surface area contributed by atoms with Gasteiger partial charge in [-0.1, -0.05) is 72.8 Å². The van der Waals surface area contributed by atoms with Crippen LogP contribution in [0.1, 0.15) is 22.3 Å². The molecule has 0 aliphatic carbocycles. The Hall–Kier alpha value is -3.14. The van der Waals surface area contributed by atoms with Gasteiger partial charge in [0.15, 0.2) is 23.0 Å². The Balaban J connectivity index is 1.49. The predicted octanol–water partition coefficient (Wildman–Crippen LogP) is 8.36. The number of methoxy groups -OCH3 is 2. The Kier molecular flexibility index (Phi) is 14.3. The molecule has 0 aliphatic heterocycles. The summed E-state index contributed by atoms with van der Waals surface area (Å²) in [4.78, 5) is 0. The summed E-state index contributed by atoms with van der Waals surface area (Å²) in [6.07, 6.45) is 1.66. The summed E-state index contributed by atoms with van der Waals surface area (Å²) in [5.41, 5.74) is 4.58. The van der Waals surface area contributed by atoms with Gasteiger partial charge in [-0.05, 0) is 84.5 Å². The second-order valence-electron chi connectivity index (χ2n) is 10.5. The van der Waals surface area contributed by atoms with Crippen LogP contribution in [0.3, 0.4) is 0 Å². The summed E-state index contributed by atoms with van der Waals surface area (Å²) in [5.74, 6) is 3.40. The molecule has 0 fully saturated rings. The second kappa shape index (κ2) is 18.6. The lowest BCUT2D eigenvalue weighted by atomic mass is 9.83. The third kappa shape index (κ3) is 10.5. The molecule has 4 aromatic carbocycles. The lowest BCUT2D eigenvalue weighted by molar-refractivity contribution is 0.159. The van der Waals surface area contributed by atoms with Crippen molar-refractivity contribution in [1.29, 1.82) is 0 Å². The van der Waals surface area contributed by atoms with Crippen molar-refractivity contribution in [3.8, 4) is 23.0 Å². The second-order valence-corrected chi connectivity index (χ2v) is 11.9. The van der Waals surface area contributed by atoms with E-state index in [0.29, 0.717) is 44.0 Å². The first-order valence-corrected chi connectivity index (χ1v) is 17.7. The van der Waals surface area contributed by atoms with Crippen LogP contribution in [0.25, 0.3) is 0 Å². The van der Waals surface area contributed by atoms with Gasteiger partial charge in [-0.15, -0.1) is 0 Å². The van der Waals surface area contributed by atoms with E-state index >= 15 is 0 Å². The van der Waals surface area contributed by atoms with Crippen molar-refractivity contribution < 1.29 is 28.0 Å². The molecule has 2 unspecified atom stereocenters. The van der Waals surface area contributed by atoms with Crippen LogP contribution in [0.15, 0.2) is 97.1 Å². The van der Waals surface area contributed by atoms with Gasteiger partial charge in [-0.25, -0.2) is 0 Å². The van der Waals surface area contributed by atoms with Crippen molar-refractivity contribution >= 4 is 17.6 Å². The summed E-state index contributed by atoms with van der Waals surface area (Å²) in [5, 5.41) is 0. The number of hydrogen-bond acceptors (Lipinski definition) is 6. The summed E-state index contributed by atoms with van der Waals surface area (Å²) in [6, 6.07) is 32.7. The molecule has 0 radical (unpaired) electrons. The Morgan fingerprint density at radius 1 is 0.500 bits per heavy atom. The maximum absolute atomic E-state index is 6.10. The van der Waals surface area contributed by atoms with Crippen molar-refractivity contribution in [2.75, 3.05) is 40.8 Å². The molecule has 0 bridgehead atoms. The number of ether oxygens (including phenoxy) is 4. The fraction of sp³-hybridized carbons (Fsp3) is 0.333. The van der Waals surface area contributed by atoms with E-state index in [1.54, 1.807) is 14.2 Å². The van der Waals surface area contributed by atoms with Gasteiger partial charge in [0.05, 0.1) is 27.4 Å². The van der Waals surface area contributed by atoms with Crippen LogP contribution in [0, 0.1) is 11.8 Å². The van der Waals surface area contributed by atoms with Gasteiger partial charge in [0, 0.05) is 17.6 Å². The zero-order valence-corrected chi connectivity index (χ0v) is 28.1. The molecule has 6 nitrogen and oxygen atoms in total. The highest BCUT2D eigenvalue weighted by molar-refractivity contribution is 7.31. The van der Waals surface area contributed by atoms with Crippen molar-refractivity contribution in [3.63, 3.8) is 0 Å². The highest BCUT2D eigenvalue weighted by atomic mass is 31.1. The number of hydrogen-bond donors (Lipinski definition) is 0. The molecule has 4 aromatic rings. The minimum atomic E-state index is 0.236. The summed E-state index contributed by atoms with van der Waals surface area (Å²) in [7, 11) is 4.21. The van der Waals surface area contributed by atoms with Gasteiger partial charge < -0.3 is 28.0 Å². The smallest absolute Gasteiger partial charge is 0.161 e. The van der Waals surface area contributed by atoms with Gasteiger partial charge in [0.25, 0.3) is 0 Å². The Labute approximate surface area is 266 Å². The SMILES string of the molecule is COc1cc(C[C@@H](COPC)[C@H](COPC)Cc2ccc(OCc3ccccc3)c(OC)c2)ccc1OCc1ccccc1. The molecule has 44 heavy (non-hydrogen) atoms. The molecule has 0 heterocycles. The Morgan fingerprint density at radius 3 is 1.27 bits per heavy atom. The van der Waals surface area contributed by atoms with Crippen molar-refractivity contribution in [2.45, 2.75) is 26.1 Å². The fourth-order valence-electron chi connectivity index (χ4n) is 5.10. The van der Waals surface area contributed by atoms with Gasteiger partial charge in [0.2, 0.25) is 0 Å². The predicted molar refractivity (Wildman–Crippen MR) is 182 cm³/mol. The van der Waals surface area contributed by atoms with Crippen LogP contribution in [0.5, 0.6) is 23.0 Å². The molecule has 234 valence electrons. The van der Waals surface area contributed by atoms with E-state index in [2.05, 4.69) is 61.9 Å². The third-order valence-corrected chi connectivity index (χ3v) is 8.39. The molecule has 0 saturated carbocycles. The number of rotatable bonds is 19. The molecule has 0 aromatic heterocycles. The maximum atomic E-state index is 6.10. The molecule has 4 rings (SSSR count). The average molecular weight is 635 g/mol. The molecular formula is C36H44O6P2. The van der Waals surface area contributed by atoms with E-state index in [9.17, 15) is 0 Å². The average Bonchev–Trinajstić information content (AvgIpc) is 3.08. The first kappa shape index (κ1) is 33.7. The molecular weight excluding hydrogens is 590 g/mol. The molecule has 0 N–H and O–H groups in total. The molecule has 0 amide bonds. The first-order valence-electron chi connectivity index (χ1n) is 14.9. The molecule has 0 saturated heterocycles. The molecule has 8 heteroatoms. The standard InChI is InChI=1S/C36H44O6P2/c1-37-35-21-29(15-17-33(35)39-23-27-11-7-5-8-12-27)19-31(25-41-43-3)32(26-42-44-4)20-30-16-18-34(36(22-30)38-2)40-24-28-13-9-6-10-14-28/h5-18,21-22,31-32,43-44H,19-20,23-26H2,1-4H3/t31-,32-/m0/s1. The van der Waals surface area contributed by atoms with E-state index in [1.807, 2.05) is 48.5 Å². The van der Waals surface area contributed by atoms with Crippen LogP contribution in [-0.2, 0) is 35.1 Å². The summed E-state index contributed by atoms with van der Waals surface area (Å²) >= 11 is 0. The van der Waals surface area contributed by atoms with E-state index < -0.39 is 0 Å². The van der Waals surface area contributed by atoms with Crippen molar-refractivity contribution in [2.24, 2.45) is 11.8 Å². The lowest BCUT2D eigenvalue weighted by Gasteiger charge is -2.28. The summed E-state index contributed by atoms with van der Waals surface area (Å²) in [6.45, 7) is 6.41. The van der Waals surface area contributed by atoms with E-state index in [-0.39, 0.29) is 11.8 Å². The zero-order chi connectivity index (χ0) is 31.0. The van der Waals surface area contributed by atoms with Crippen LogP contribution < -0.4 is 18.9 Å². The maximum Gasteiger partial charge on any atom is 0.161 e. The van der Waals surface area contributed by atoms with Gasteiger partial charge in [0.1, 0.15) is 13.2 Å². The Morgan fingerprint density at radius 2 is 0.909 bits per heavy atom. The third-order valence-electron chi connectivity index (χ3n) is 7.48. The van der Waals surface area contributed by atoms with Crippen molar-refractivity contribution in [1.82, 2.24) is 0 Å². The minimum absolute atomic E-state index is 0.236. The number of benzene rings is 4. The minimum Gasteiger partial charge on any atom is -0.493 e. The molecule has 4 atom stereocenters. The van der Waals surface area contributed by atoms with Gasteiger partial charge in [-0.3, -0.25) is 0 Å². The highest BCUT2D eigenvalue weighted by Gasteiger charge is 2.24. The zero-order valence-electron chi connectivity index (χ0n) is 26.1. The van der Waals surface area contributed by atoms with Gasteiger partial charge >= 0.3 is 0 Å². The quantitative estimate of drug-likeness (QED) is 0.0967. The van der Waals surface area contributed by atoms with E-state index in [0.717, 1.165) is 47.0 Å². The topological polar surface area (TPSA) is 55.4 Å². The van der Waals surface area contributed by atoms with E-state index in [1.165, 1.54) is 11.1 Å². The van der Waals surface area contributed by atoms with Crippen LogP contribution in [0.4, 0.5) is 0 Å².